The smallest absolute Gasteiger partial charge is 0.288 e. The predicted molar refractivity (Wildman–Crippen MR) is 128 cm³/mol. The third-order valence-corrected chi connectivity index (χ3v) is 5.53. The number of aliphatic hydroxyl groups is 1. The fraction of sp³-hybridized carbons (Fsp3) is 0.0769. The largest absolute Gasteiger partial charge is 0.502 e. The molecule has 4 aromatic rings. The fourth-order valence-corrected chi connectivity index (χ4v) is 3.75. The number of aryl methyl sites for hydroxylation is 2. The standard InChI is InChI=1S/C26H22N2OS/c1-18-13-14-21(17-19(18)2)25(29)24(28-15-6-3-7-16-28)26(30)27-23-12-8-10-20-9-4-5-11-22(20)23/h3-17H,1-2H3,(H-,27,29,30)/p+1. The summed E-state index contributed by atoms with van der Waals surface area (Å²) in [6, 6.07) is 25.9. The Morgan fingerprint density at radius 2 is 1.57 bits per heavy atom. The molecule has 0 saturated carbocycles. The third kappa shape index (κ3) is 3.95. The Bertz CT molecular complexity index is 1260. The molecule has 3 aromatic carbocycles. The lowest BCUT2D eigenvalue weighted by molar-refractivity contribution is -0.575. The summed E-state index contributed by atoms with van der Waals surface area (Å²) >= 11 is 5.79. The van der Waals surface area contributed by atoms with Gasteiger partial charge in [0.05, 0.1) is 0 Å². The lowest BCUT2D eigenvalue weighted by Gasteiger charge is -2.12. The Kier molecular flexibility index (Phi) is 5.59. The zero-order chi connectivity index (χ0) is 21.1. The molecule has 2 N–H and O–H groups in total. The molecular formula is C26H23N2OS+. The average Bonchev–Trinajstić information content (AvgIpc) is 2.77. The second-order valence-corrected chi connectivity index (χ2v) is 7.67. The van der Waals surface area contributed by atoms with Gasteiger partial charge in [0.2, 0.25) is 0 Å². The number of benzene rings is 3. The first-order valence-electron chi connectivity index (χ1n) is 9.81. The van der Waals surface area contributed by atoms with Gasteiger partial charge in [-0.05, 0) is 42.5 Å². The number of thiocarbonyl (C=S) groups is 1. The number of anilines is 1. The van der Waals surface area contributed by atoms with Gasteiger partial charge in [0.25, 0.3) is 5.70 Å². The molecule has 0 bridgehead atoms. The van der Waals surface area contributed by atoms with Gasteiger partial charge in [-0.15, -0.1) is 0 Å². The first-order chi connectivity index (χ1) is 14.5. The van der Waals surface area contributed by atoms with Crippen LogP contribution in [0, 0.1) is 13.8 Å². The topological polar surface area (TPSA) is 36.1 Å². The van der Waals surface area contributed by atoms with E-state index in [1.165, 1.54) is 5.56 Å². The van der Waals surface area contributed by atoms with Crippen LogP contribution in [-0.2, 0) is 0 Å². The summed E-state index contributed by atoms with van der Waals surface area (Å²) in [5, 5.41) is 16.8. The number of fused-ring (bicyclic) bond motifs is 1. The van der Waals surface area contributed by atoms with Crippen molar-refractivity contribution in [2.45, 2.75) is 13.8 Å². The summed E-state index contributed by atoms with van der Waals surface area (Å²) in [5.74, 6) is 0.132. The Hall–Kier alpha value is -3.50. The van der Waals surface area contributed by atoms with Gasteiger partial charge < -0.3 is 10.4 Å². The zero-order valence-corrected chi connectivity index (χ0v) is 17.8. The Balaban J connectivity index is 1.82. The van der Waals surface area contributed by atoms with Crippen LogP contribution < -0.4 is 9.88 Å². The second kappa shape index (κ2) is 8.47. The summed E-state index contributed by atoms with van der Waals surface area (Å²) in [6.07, 6.45) is 3.76. The maximum absolute atomic E-state index is 11.2. The molecule has 4 rings (SSSR count). The minimum absolute atomic E-state index is 0.132. The van der Waals surface area contributed by atoms with Gasteiger partial charge in [-0.25, -0.2) is 0 Å². The van der Waals surface area contributed by atoms with E-state index in [1.54, 1.807) is 0 Å². The SMILES string of the molecule is Cc1ccc(C(O)=C(C(=S)Nc2cccc3ccccc23)[n+]2ccccc2)cc1C. The molecule has 0 saturated heterocycles. The van der Waals surface area contributed by atoms with Gasteiger partial charge in [-0.3, -0.25) is 0 Å². The molecule has 0 aliphatic rings. The number of nitrogens with one attached hydrogen (secondary N) is 1. The number of hydrogen-bond donors (Lipinski definition) is 2. The van der Waals surface area contributed by atoms with Crippen LogP contribution in [0.5, 0.6) is 0 Å². The number of hydrogen-bond acceptors (Lipinski definition) is 2. The van der Waals surface area contributed by atoms with Crippen LogP contribution >= 0.6 is 12.2 Å². The Morgan fingerprint density at radius 3 is 2.33 bits per heavy atom. The van der Waals surface area contributed by atoms with Crippen molar-refractivity contribution in [2.24, 2.45) is 0 Å². The van der Waals surface area contributed by atoms with E-state index in [-0.39, 0.29) is 5.76 Å². The van der Waals surface area contributed by atoms with Crippen molar-refractivity contribution in [2.75, 3.05) is 5.32 Å². The van der Waals surface area contributed by atoms with Crippen molar-refractivity contribution in [1.82, 2.24) is 0 Å². The van der Waals surface area contributed by atoms with Crippen LogP contribution in [0.25, 0.3) is 22.2 Å². The molecule has 0 unspecified atom stereocenters. The summed E-state index contributed by atoms with van der Waals surface area (Å²) in [4.78, 5) is 0.443. The third-order valence-electron chi connectivity index (χ3n) is 5.23. The van der Waals surface area contributed by atoms with Gasteiger partial charge in [0, 0.05) is 28.8 Å². The molecule has 0 atom stereocenters. The van der Waals surface area contributed by atoms with E-state index in [0.717, 1.165) is 27.6 Å². The molecule has 3 nitrogen and oxygen atoms in total. The molecular weight excluding hydrogens is 388 g/mol. The second-order valence-electron chi connectivity index (χ2n) is 7.26. The molecule has 148 valence electrons. The summed E-state index contributed by atoms with van der Waals surface area (Å²) < 4.78 is 1.84. The molecule has 0 radical (unpaired) electrons. The van der Waals surface area contributed by atoms with Crippen molar-refractivity contribution < 1.29 is 9.67 Å². The van der Waals surface area contributed by atoms with Gasteiger partial charge in [-0.2, -0.15) is 4.57 Å². The highest BCUT2D eigenvalue weighted by Gasteiger charge is 2.24. The molecule has 0 amide bonds. The van der Waals surface area contributed by atoms with E-state index < -0.39 is 0 Å². The van der Waals surface area contributed by atoms with Crippen molar-refractivity contribution in [3.63, 3.8) is 0 Å². The van der Waals surface area contributed by atoms with Crippen molar-refractivity contribution >= 4 is 45.1 Å². The van der Waals surface area contributed by atoms with E-state index in [2.05, 4.69) is 30.4 Å². The number of aliphatic hydroxyl groups excluding tert-OH is 1. The van der Waals surface area contributed by atoms with E-state index in [4.69, 9.17) is 12.2 Å². The first kappa shape index (κ1) is 19.8. The minimum Gasteiger partial charge on any atom is -0.502 e. The van der Waals surface area contributed by atoms with Crippen LogP contribution in [0.2, 0.25) is 0 Å². The quantitative estimate of drug-likeness (QED) is 0.185. The van der Waals surface area contributed by atoms with Gasteiger partial charge in [0.1, 0.15) is 0 Å². The molecule has 30 heavy (non-hydrogen) atoms. The van der Waals surface area contributed by atoms with Crippen LogP contribution in [0.4, 0.5) is 5.69 Å². The van der Waals surface area contributed by atoms with Crippen LogP contribution in [0.1, 0.15) is 16.7 Å². The zero-order valence-electron chi connectivity index (χ0n) is 17.0. The molecule has 0 aliphatic heterocycles. The van der Waals surface area contributed by atoms with Crippen LogP contribution in [-0.4, -0.2) is 10.1 Å². The van der Waals surface area contributed by atoms with Crippen LogP contribution in [0.3, 0.4) is 0 Å². The van der Waals surface area contributed by atoms with Gasteiger partial charge in [-0.1, -0.05) is 66.8 Å². The van der Waals surface area contributed by atoms with Crippen molar-refractivity contribution in [1.29, 1.82) is 0 Å². The lowest BCUT2D eigenvalue weighted by atomic mass is 10.0. The molecule has 1 aromatic heterocycles. The molecule has 0 spiro atoms. The van der Waals surface area contributed by atoms with Gasteiger partial charge >= 0.3 is 0 Å². The highest BCUT2D eigenvalue weighted by Crippen LogP contribution is 2.25. The monoisotopic (exact) mass is 411 g/mol. The minimum atomic E-state index is 0.132. The molecule has 0 aliphatic carbocycles. The Labute approximate surface area is 181 Å². The highest BCUT2D eigenvalue weighted by atomic mass is 32.1. The lowest BCUT2D eigenvalue weighted by Crippen LogP contribution is -2.38. The summed E-state index contributed by atoms with van der Waals surface area (Å²) in [6.45, 7) is 4.09. The number of nitrogens with zero attached hydrogens (tertiary/aromatic N) is 1. The van der Waals surface area contributed by atoms with E-state index in [9.17, 15) is 5.11 Å². The van der Waals surface area contributed by atoms with Crippen molar-refractivity contribution in [3.05, 3.63) is 108 Å². The highest BCUT2D eigenvalue weighted by molar-refractivity contribution is 7.81. The van der Waals surface area contributed by atoms with E-state index in [0.29, 0.717) is 10.7 Å². The Morgan fingerprint density at radius 1 is 0.833 bits per heavy atom. The van der Waals surface area contributed by atoms with Crippen LogP contribution in [0.15, 0.2) is 91.3 Å². The van der Waals surface area contributed by atoms with Crippen molar-refractivity contribution in [3.8, 4) is 0 Å². The molecule has 4 heteroatoms. The predicted octanol–water partition coefficient (Wildman–Crippen LogP) is 6.07. The first-order valence-corrected chi connectivity index (χ1v) is 10.2. The average molecular weight is 412 g/mol. The fourth-order valence-electron chi connectivity index (χ4n) is 3.44. The normalized spacial score (nSPS) is 11.8. The van der Waals surface area contributed by atoms with E-state index in [1.807, 2.05) is 84.5 Å². The maximum atomic E-state index is 11.2. The van der Waals surface area contributed by atoms with E-state index >= 15 is 0 Å². The molecule has 0 fully saturated rings. The molecule has 1 heterocycles. The number of rotatable bonds is 4. The van der Waals surface area contributed by atoms with Gasteiger partial charge in [0.15, 0.2) is 23.1 Å². The number of aromatic nitrogens is 1. The summed E-state index contributed by atoms with van der Waals surface area (Å²) in [5.41, 5.74) is 4.45. The summed E-state index contributed by atoms with van der Waals surface area (Å²) in [7, 11) is 0. The number of pyridine rings is 1. The maximum Gasteiger partial charge on any atom is 0.288 e.